The van der Waals surface area contributed by atoms with Gasteiger partial charge >= 0.3 is 0 Å². The van der Waals surface area contributed by atoms with Gasteiger partial charge in [0.2, 0.25) is 0 Å². The number of hydrogen-bond acceptors (Lipinski definition) is 5. The van der Waals surface area contributed by atoms with Crippen LogP contribution in [0.1, 0.15) is 35.3 Å². The maximum Gasteiger partial charge on any atom is 0.251 e. The monoisotopic (exact) mass is 494 g/mol. The lowest BCUT2D eigenvalue weighted by Gasteiger charge is -2.35. The lowest BCUT2D eigenvalue weighted by molar-refractivity contribution is 0.0162. The van der Waals surface area contributed by atoms with Crippen LogP contribution in [0.15, 0.2) is 40.9 Å². The molecule has 0 radical (unpaired) electrons. The highest BCUT2D eigenvalue weighted by atomic mass is 79.9. The highest BCUT2D eigenvalue weighted by molar-refractivity contribution is 9.10. The fraction of sp³-hybridized carbons (Fsp3) is 0.435. The Labute approximate surface area is 190 Å². The first-order valence-electron chi connectivity index (χ1n) is 10.4. The molecular formula is C23H28BrFN2O4. The molecule has 1 unspecified atom stereocenters. The number of carbonyl (C=O) groups is 1. The molecular weight excluding hydrogens is 467 g/mol. The van der Waals surface area contributed by atoms with Crippen LogP contribution >= 0.6 is 15.9 Å². The van der Waals surface area contributed by atoms with Crippen molar-refractivity contribution in [3.05, 3.63) is 57.8 Å². The van der Waals surface area contributed by atoms with E-state index in [1.807, 2.05) is 13.0 Å². The van der Waals surface area contributed by atoms with Crippen LogP contribution in [0.4, 0.5) is 4.39 Å². The molecule has 1 N–H and O–H groups in total. The third kappa shape index (κ3) is 6.18. The van der Waals surface area contributed by atoms with Gasteiger partial charge in [0.05, 0.1) is 37.4 Å². The number of morpholine rings is 1. The summed E-state index contributed by atoms with van der Waals surface area (Å²) >= 11 is 3.48. The average molecular weight is 495 g/mol. The first kappa shape index (κ1) is 23.5. The molecule has 1 atom stereocenters. The maximum atomic E-state index is 13.9. The minimum Gasteiger partial charge on any atom is -0.493 e. The van der Waals surface area contributed by atoms with Gasteiger partial charge in [0.1, 0.15) is 5.82 Å². The molecule has 0 aliphatic carbocycles. The SMILES string of the molecule is CCCOc1c(Br)cc(C(=O)NCC(c2cccc(F)c2)N2CCOCC2)cc1OC. The van der Waals surface area contributed by atoms with Crippen LogP contribution in [0.3, 0.4) is 0 Å². The predicted octanol–water partition coefficient (Wildman–Crippen LogP) is 4.19. The Balaban J connectivity index is 1.76. The summed E-state index contributed by atoms with van der Waals surface area (Å²) in [7, 11) is 1.54. The summed E-state index contributed by atoms with van der Waals surface area (Å²) in [6.07, 6.45) is 0.862. The molecule has 31 heavy (non-hydrogen) atoms. The van der Waals surface area contributed by atoms with Crippen LogP contribution < -0.4 is 14.8 Å². The summed E-state index contributed by atoms with van der Waals surface area (Å²) in [5.74, 6) is 0.531. The molecule has 0 spiro atoms. The van der Waals surface area contributed by atoms with Gasteiger partial charge in [-0.25, -0.2) is 4.39 Å². The van der Waals surface area contributed by atoms with E-state index in [9.17, 15) is 9.18 Å². The first-order valence-corrected chi connectivity index (χ1v) is 11.2. The third-order valence-corrected chi connectivity index (χ3v) is 5.71. The van der Waals surface area contributed by atoms with Gasteiger partial charge in [-0.2, -0.15) is 0 Å². The van der Waals surface area contributed by atoms with E-state index in [1.54, 1.807) is 25.3 Å². The molecule has 1 saturated heterocycles. The average Bonchev–Trinajstić information content (AvgIpc) is 2.78. The molecule has 2 aromatic rings. The fourth-order valence-electron chi connectivity index (χ4n) is 3.55. The largest absolute Gasteiger partial charge is 0.493 e. The second-order valence-corrected chi connectivity index (χ2v) is 8.12. The minimum atomic E-state index is -0.293. The van der Waals surface area contributed by atoms with E-state index < -0.39 is 0 Å². The van der Waals surface area contributed by atoms with E-state index in [1.165, 1.54) is 12.1 Å². The normalized spacial score (nSPS) is 15.4. The van der Waals surface area contributed by atoms with Gasteiger partial charge in [-0.05, 0) is 52.2 Å². The van der Waals surface area contributed by atoms with Crippen molar-refractivity contribution < 1.29 is 23.4 Å². The molecule has 0 aromatic heterocycles. The molecule has 2 aromatic carbocycles. The molecule has 6 nitrogen and oxygen atoms in total. The quantitative estimate of drug-likeness (QED) is 0.566. The number of hydrogen-bond donors (Lipinski definition) is 1. The van der Waals surface area contributed by atoms with Crippen molar-refractivity contribution in [1.29, 1.82) is 0 Å². The zero-order valence-corrected chi connectivity index (χ0v) is 19.4. The second-order valence-electron chi connectivity index (χ2n) is 7.27. The Morgan fingerprint density at radius 1 is 1.29 bits per heavy atom. The Hall–Kier alpha value is -2.16. The van der Waals surface area contributed by atoms with Gasteiger partial charge in [-0.1, -0.05) is 19.1 Å². The topological polar surface area (TPSA) is 60.0 Å². The number of ether oxygens (including phenoxy) is 3. The molecule has 3 rings (SSSR count). The molecule has 1 aliphatic rings. The number of amides is 1. The molecule has 1 fully saturated rings. The van der Waals surface area contributed by atoms with E-state index in [-0.39, 0.29) is 17.8 Å². The summed E-state index contributed by atoms with van der Waals surface area (Å²) < 4.78 is 31.1. The zero-order chi connectivity index (χ0) is 22.2. The Bertz CT molecular complexity index is 890. The smallest absolute Gasteiger partial charge is 0.251 e. The van der Waals surface area contributed by atoms with E-state index in [0.717, 1.165) is 25.1 Å². The molecule has 168 valence electrons. The van der Waals surface area contributed by atoms with Crippen LogP contribution in [0.5, 0.6) is 11.5 Å². The lowest BCUT2D eigenvalue weighted by atomic mass is 10.0. The van der Waals surface area contributed by atoms with Crippen molar-refractivity contribution in [3.63, 3.8) is 0 Å². The number of halogens is 2. The second kappa shape index (κ2) is 11.5. The van der Waals surface area contributed by atoms with Crippen molar-refractivity contribution >= 4 is 21.8 Å². The van der Waals surface area contributed by atoms with E-state index in [0.29, 0.717) is 47.9 Å². The fourth-order valence-corrected chi connectivity index (χ4v) is 4.10. The highest BCUT2D eigenvalue weighted by Gasteiger charge is 2.24. The summed E-state index contributed by atoms with van der Waals surface area (Å²) in [4.78, 5) is 15.1. The molecule has 8 heteroatoms. The molecule has 1 aliphatic heterocycles. The van der Waals surface area contributed by atoms with Crippen LogP contribution in [-0.4, -0.2) is 57.4 Å². The number of rotatable bonds is 9. The van der Waals surface area contributed by atoms with Crippen molar-refractivity contribution in [2.75, 3.05) is 46.6 Å². The van der Waals surface area contributed by atoms with Crippen molar-refractivity contribution in [2.45, 2.75) is 19.4 Å². The summed E-state index contributed by atoms with van der Waals surface area (Å²) in [6, 6.07) is 9.74. The van der Waals surface area contributed by atoms with Gasteiger partial charge < -0.3 is 19.5 Å². The summed E-state index contributed by atoms with van der Waals surface area (Å²) in [6.45, 7) is 5.59. The summed E-state index contributed by atoms with van der Waals surface area (Å²) in [5, 5.41) is 2.99. The van der Waals surface area contributed by atoms with Gasteiger partial charge in [0, 0.05) is 25.2 Å². The Morgan fingerprint density at radius 2 is 2.06 bits per heavy atom. The number of nitrogens with one attached hydrogen (secondary N) is 1. The number of benzene rings is 2. The lowest BCUT2D eigenvalue weighted by Crippen LogP contribution is -2.43. The zero-order valence-electron chi connectivity index (χ0n) is 17.8. The van der Waals surface area contributed by atoms with Gasteiger partial charge in [0.25, 0.3) is 5.91 Å². The maximum absolute atomic E-state index is 13.9. The molecule has 0 bridgehead atoms. The van der Waals surface area contributed by atoms with Gasteiger partial charge in [0.15, 0.2) is 11.5 Å². The minimum absolute atomic E-state index is 0.152. The molecule has 0 saturated carbocycles. The number of nitrogens with zero attached hydrogens (tertiary/aromatic N) is 1. The van der Waals surface area contributed by atoms with Crippen LogP contribution in [0.25, 0.3) is 0 Å². The third-order valence-electron chi connectivity index (χ3n) is 5.12. The predicted molar refractivity (Wildman–Crippen MR) is 120 cm³/mol. The number of methoxy groups -OCH3 is 1. The van der Waals surface area contributed by atoms with E-state index in [4.69, 9.17) is 14.2 Å². The Morgan fingerprint density at radius 3 is 2.74 bits per heavy atom. The van der Waals surface area contributed by atoms with Crippen LogP contribution in [0.2, 0.25) is 0 Å². The van der Waals surface area contributed by atoms with Gasteiger partial charge in [-0.3, -0.25) is 9.69 Å². The molecule has 1 amide bonds. The van der Waals surface area contributed by atoms with Crippen molar-refractivity contribution in [1.82, 2.24) is 10.2 Å². The standard InChI is InChI=1S/C23H28BrFN2O4/c1-3-9-31-22-19(24)13-17(14-21(22)29-2)23(28)26-15-20(27-7-10-30-11-8-27)16-5-4-6-18(25)12-16/h4-6,12-14,20H,3,7-11,15H2,1-2H3,(H,26,28). The summed E-state index contributed by atoms with van der Waals surface area (Å²) in [5.41, 5.74) is 1.27. The van der Waals surface area contributed by atoms with Crippen LogP contribution in [-0.2, 0) is 4.74 Å². The van der Waals surface area contributed by atoms with E-state index in [2.05, 4.69) is 26.1 Å². The van der Waals surface area contributed by atoms with Crippen molar-refractivity contribution in [2.24, 2.45) is 0 Å². The Kier molecular flexibility index (Phi) is 8.69. The number of carbonyl (C=O) groups excluding carboxylic acids is 1. The first-order chi connectivity index (χ1) is 15.0. The van der Waals surface area contributed by atoms with Gasteiger partial charge in [-0.15, -0.1) is 0 Å². The van der Waals surface area contributed by atoms with E-state index >= 15 is 0 Å². The van der Waals surface area contributed by atoms with Crippen LogP contribution in [0, 0.1) is 5.82 Å². The molecule has 1 heterocycles. The highest BCUT2D eigenvalue weighted by Crippen LogP contribution is 2.36. The van der Waals surface area contributed by atoms with Crippen molar-refractivity contribution in [3.8, 4) is 11.5 Å².